The summed E-state index contributed by atoms with van der Waals surface area (Å²) in [6.45, 7) is 5.67. The minimum atomic E-state index is -4.82. The van der Waals surface area contributed by atoms with Gasteiger partial charge in [-0.25, -0.2) is 9.18 Å². The first-order chi connectivity index (χ1) is 21.8. The van der Waals surface area contributed by atoms with Gasteiger partial charge in [0, 0.05) is 55.3 Å². The summed E-state index contributed by atoms with van der Waals surface area (Å²) in [5.74, 6) is -1.31. The third-order valence-corrected chi connectivity index (χ3v) is 7.03. The second-order valence-corrected chi connectivity index (χ2v) is 11.6. The number of anilines is 2. The molecule has 9 nitrogen and oxygen atoms in total. The summed E-state index contributed by atoms with van der Waals surface area (Å²) < 4.78 is 74.4. The molecule has 242 valence electrons. The second-order valence-electron chi connectivity index (χ2n) is 11.6. The normalized spacial score (nSPS) is 13.8. The number of nitrogens with one attached hydrogen (secondary N) is 1. The standard InChI is InChI=1S/C33H32F4N4O5/c1-32(2,3)46-31(43)41-13-11-40(12-14-41)26-7-4-6-25(29(26)33(35,36)37)39-30(42)22-9-10-24(34)28(17-22)45-20-21-16-23(19-38-18-21)27-8-5-15-44-27/h4-10,15-19H,11-14,20H2,1-3H3,(H,39,42). The number of aromatic nitrogens is 1. The van der Waals surface area contributed by atoms with Gasteiger partial charge in [-0.1, -0.05) is 6.07 Å². The number of ether oxygens (including phenoxy) is 2. The van der Waals surface area contributed by atoms with Crippen molar-refractivity contribution in [3.63, 3.8) is 0 Å². The van der Waals surface area contributed by atoms with Crippen LogP contribution >= 0.6 is 0 Å². The number of alkyl halides is 3. The summed E-state index contributed by atoms with van der Waals surface area (Å²) in [7, 11) is 0. The Bertz CT molecular complexity index is 1700. The van der Waals surface area contributed by atoms with Crippen LogP contribution in [0, 0.1) is 5.82 Å². The van der Waals surface area contributed by atoms with Crippen LogP contribution < -0.4 is 15.0 Å². The van der Waals surface area contributed by atoms with Gasteiger partial charge in [0.2, 0.25) is 0 Å². The monoisotopic (exact) mass is 640 g/mol. The van der Waals surface area contributed by atoms with E-state index in [1.54, 1.807) is 45.2 Å². The molecule has 0 bridgehead atoms. The van der Waals surface area contributed by atoms with Crippen LogP contribution in [-0.4, -0.2) is 53.7 Å². The Balaban J connectivity index is 1.30. The number of pyridine rings is 1. The Morgan fingerprint density at radius 3 is 2.41 bits per heavy atom. The highest BCUT2D eigenvalue weighted by Crippen LogP contribution is 2.42. The molecule has 0 unspecified atom stereocenters. The summed E-state index contributed by atoms with van der Waals surface area (Å²) in [5, 5.41) is 2.34. The molecule has 2 amide bonds. The molecule has 0 aliphatic carbocycles. The summed E-state index contributed by atoms with van der Waals surface area (Å²) in [6, 6.07) is 12.4. The summed E-state index contributed by atoms with van der Waals surface area (Å²) in [6.07, 6.45) is -0.707. The largest absolute Gasteiger partial charge is 0.486 e. The van der Waals surface area contributed by atoms with E-state index in [0.29, 0.717) is 16.9 Å². The van der Waals surface area contributed by atoms with Gasteiger partial charge in [-0.05, 0) is 69.3 Å². The lowest BCUT2D eigenvalue weighted by molar-refractivity contribution is -0.136. The first kappa shape index (κ1) is 32.3. The van der Waals surface area contributed by atoms with Crippen molar-refractivity contribution < 1.29 is 41.0 Å². The van der Waals surface area contributed by atoms with Crippen LogP contribution in [0.15, 0.2) is 77.7 Å². The summed E-state index contributed by atoms with van der Waals surface area (Å²) >= 11 is 0. The van der Waals surface area contributed by atoms with E-state index in [0.717, 1.165) is 24.3 Å². The number of furan rings is 1. The molecule has 0 radical (unpaired) electrons. The second kappa shape index (κ2) is 13.1. The molecule has 1 aliphatic heterocycles. The molecule has 2 aromatic carbocycles. The molecule has 5 rings (SSSR count). The minimum Gasteiger partial charge on any atom is -0.486 e. The SMILES string of the molecule is CC(C)(C)OC(=O)N1CCN(c2cccc(NC(=O)c3ccc(F)c(OCc4cncc(-c5ccco5)c4)c3)c2C(F)(F)F)CC1. The van der Waals surface area contributed by atoms with Gasteiger partial charge in [-0.15, -0.1) is 0 Å². The summed E-state index contributed by atoms with van der Waals surface area (Å²) in [4.78, 5) is 32.7. The number of carbonyl (C=O) groups is 2. The first-order valence-electron chi connectivity index (χ1n) is 14.4. The number of nitrogens with zero attached hydrogens (tertiary/aromatic N) is 3. The maximum atomic E-state index is 14.6. The van der Waals surface area contributed by atoms with Crippen molar-refractivity contribution >= 4 is 23.4 Å². The van der Waals surface area contributed by atoms with Crippen molar-refractivity contribution in [1.82, 2.24) is 9.88 Å². The van der Waals surface area contributed by atoms with E-state index in [9.17, 15) is 27.2 Å². The van der Waals surface area contributed by atoms with Gasteiger partial charge in [0.05, 0.1) is 17.6 Å². The van der Waals surface area contributed by atoms with Crippen LogP contribution in [0.2, 0.25) is 0 Å². The Morgan fingerprint density at radius 1 is 0.978 bits per heavy atom. The van der Waals surface area contributed by atoms with E-state index in [1.165, 1.54) is 34.4 Å². The number of carbonyl (C=O) groups excluding carboxylic acids is 2. The zero-order chi connectivity index (χ0) is 33.1. The van der Waals surface area contributed by atoms with Crippen molar-refractivity contribution in [2.45, 2.75) is 39.2 Å². The number of hydrogen-bond acceptors (Lipinski definition) is 7. The van der Waals surface area contributed by atoms with Gasteiger partial charge in [0.15, 0.2) is 11.6 Å². The highest BCUT2D eigenvalue weighted by Gasteiger charge is 2.39. The number of hydrogen-bond donors (Lipinski definition) is 1. The van der Waals surface area contributed by atoms with E-state index >= 15 is 0 Å². The number of halogens is 4. The number of amides is 2. The lowest BCUT2D eigenvalue weighted by atomic mass is 10.1. The number of rotatable bonds is 7. The van der Waals surface area contributed by atoms with Crippen LogP contribution in [-0.2, 0) is 17.5 Å². The maximum Gasteiger partial charge on any atom is 0.420 e. The van der Waals surface area contributed by atoms with Crippen LogP contribution in [0.25, 0.3) is 11.3 Å². The van der Waals surface area contributed by atoms with Crippen molar-refractivity contribution in [1.29, 1.82) is 0 Å². The summed E-state index contributed by atoms with van der Waals surface area (Å²) in [5.41, 5.74) is -1.15. The van der Waals surface area contributed by atoms with E-state index < -0.39 is 40.8 Å². The fourth-order valence-electron chi connectivity index (χ4n) is 4.92. The van der Waals surface area contributed by atoms with Crippen molar-refractivity contribution in [2.24, 2.45) is 0 Å². The lowest BCUT2D eigenvalue weighted by Gasteiger charge is -2.38. The highest BCUT2D eigenvalue weighted by molar-refractivity contribution is 6.05. The molecule has 46 heavy (non-hydrogen) atoms. The molecular formula is C33H32F4N4O5. The van der Waals surface area contributed by atoms with E-state index in [4.69, 9.17) is 13.9 Å². The van der Waals surface area contributed by atoms with Crippen LogP contribution in [0.4, 0.5) is 33.7 Å². The van der Waals surface area contributed by atoms with Crippen LogP contribution in [0.5, 0.6) is 5.75 Å². The van der Waals surface area contributed by atoms with E-state index in [1.807, 2.05) is 0 Å². The zero-order valence-electron chi connectivity index (χ0n) is 25.4. The lowest BCUT2D eigenvalue weighted by Crippen LogP contribution is -2.50. The average molecular weight is 641 g/mol. The van der Waals surface area contributed by atoms with Crippen molar-refractivity contribution in [3.8, 4) is 17.1 Å². The molecule has 0 spiro atoms. The molecule has 0 saturated carbocycles. The van der Waals surface area contributed by atoms with E-state index in [2.05, 4.69) is 10.3 Å². The fraction of sp³-hybridized carbons (Fsp3) is 0.303. The van der Waals surface area contributed by atoms with Crippen LogP contribution in [0.3, 0.4) is 0 Å². The maximum absolute atomic E-state index is 14.6. The van der Waals surface area contributed by atoms with Gasteiger partial charge < -0.3 is 29.0 Å². The molecule has 4 aromatic rings. The molecule has 1 aliphatic rings. The van der Waals surface area contributed by atoms with Crippen molar-refractivity contribution in [3.05, 3.63) is 95.8 Å². The average Bonchev–Trinajstić information content (AvgIpc) is 3.55. The Hall–Kier alpha value is -5.07. The Labute approximate surface area is 262 Å². The minimum absolute atomic E-state index is 0.0923. The number of benzene rings is 2. The molecule has 3 heterocycles. The topological polar surface area (TPSA) is 97.1 Å². The Kier molecular flexibility index (Phi) is 9.22. The predicted octanol–water partition coefficient (Wildman–Crippen LogP) is 7.39. The molecule has 13 heteroatoms. The number of piperazine rings is 1. The quantitative estimate of drug-likeness (QED) is 0.211. The Morgan fingerprint density at radius 2 is 1.74 bits per heavy atom. The van der Waals surface area contributed by atoms with E-state index in [-0.39, 0.29) is 49.8 Å². The van der Waals surface area contributed by atoms with Gasteiger partial charge in [0.1, 0.15) is 23.5 Å². The molecule has 1 N–H and O–H groups in total. The van der Waals surface area contributed by atoms with Gasteiger partial charge >= 0.3 is 12.3 Å². The highest BCUT2D eigenvalue weighted by atomic mass is 19.4. The molecule has 2 aromatic heterocycles. The third-order valence-electron chi connectivity index (χ3n) is 7.03. The molecule has 0 atom stereocenters. The van der Waals surface area contributed by atoms with Crippen molar-refractivity contribution in [2.75, 3.05) is 36.4 Å². The fourth-order valence-corrected chi connectivity index (χ4v) is 4.92. The predicted molar refractivity (Wildman–Crippen MR) is 162 cm³/mol. The molecule has 1 fully saturated rings. The third kappa shape index (κ3) is 7.76. The molecule has 1 saturated heterocycles. The molecular weight excluding hydrogens is 608 g/mol. The first-order valence-corrected chi connectivity index (χ1v) is 14.4. The van der Waals surface area contributed by atoms with Gasteiger partial charge in [-0.3, -0.25) is 9.78 Å². The smallest absolute Gasteiger partial charge is 0.420 e. The van der Waals surface area contributed by atoms with Gasteiger partial charge in [-0.2, -0.15) is 13.2 Å². The van der Waals surface area contributed by atoms with Crippen LogP contribution in [0.1, 0.15) is 42.3 Å². The van der Waals surface area contributed by atoms with Gasteiger partial charge in [0.25, 0.3) is 5.91 Å². The zero-order valence-corrected chi connectivity index (χ0v) is 25.4.